The zero-order valence-electron chi connectivity index (χ0n) is 12.1. The Kier molecular flexibility index (Phi) is 5.74. The number of rotatable bonds is 6. The molecule has 0 aliphatic rings. The molecule has 3 N–H and O–H groups in total. The van der Waals surface area contributed by atoms with Gasteiger partial charge in [-0.1, -0.05) is 41.4 Å². The lowest BCUT2D eigenvalue weighted by Gasteiger charge is -2.17. The summed E-state index contributed by atoms with van der Waals surface area (Å²) in [5.41, 5.74) is 6.11. The summed E-state index contributed by atoms with van der Waals surface area (Å²) in [6.45, 7) is 2.08. The lowest BCUT2D eigenvalue weighted by atomic mass is 9.98. The van der Waals surface area contributed by atoms with Gasteiger partial charge in [0.2, 0.25) is 0 Å². The highest BCUT2D eigenvalue weighted by molar-refractivity contribution is 6.31. The maximum atomic E-state index is 13.3. The van der Waals surface area contributed by atoms with Crippen molar-refractivity contribution in [3.8, 4) is 0 Å². The number of hydrogen-bond donors (Lipinski definition) is 2. The molecule has 0 saturated carbocycles. The molecular weight excluding hydrogens is 287 g/mol. The first-order chi connectivity index (χ1) is 10.1. The van der Waals surface area contributed by atoms with E-state index >= 15 is 0 Å². The molecule has 2 aromatic rings. The summed E-state index contributed by atoms with van der Waals surface area (Å²) in [5, 5.41) is 0.576. The number of nitrogens with two attached hydrogens (primary N) is 1. The molecule has 2 nitrogen and oxygen atoms in total. The van der Waals surface area contributed by atoms with Crippen LogP contribution in [0.25, 0.3) is 0 Å². The summed E-state index contributed by atoms with van der Waals surface area (Å²) in [6.07, 6.45) is 2.40. The summed E-state index contributed by atoms with van der Waals surface area (Å²) < 4.78 is 13.3. The van der Waals surface area contributed by atoms with Crippen molar-refractivity contribution in [3.63, 3.8) is 0 Å². The fourth-order valence-electron chi connectivity index (χ4n) is 2.42. The van der Waals surface area contributed by atoms with Crippen LogP contribution in [0.5, 0.6) is 0 Å². The van der Waals surface area contributed by atoms with E-state index in [1.54, 1.807) is 6.07 Å². The van der Waals surface area contributed by atoms with Crippen LogP contribution in [0.3, 0.4) is 0 Å². The maximum Gasteiger partial charge on any atom is 0.123 e. The van der Waals surface area contributed by atoms with E-state index in [0.29, 0.717) is 11.4 Å². The van der Waals surface area contributed by atoms with Crippen molar-refractivity contribution in [2.75, 3.05) is 0 Å². The van der Waals surface area contributed by atoms with E-state index < -0.39 is 0 Å². The van der Waals surface area contributed by atoms with Crippen LogP contribution in [0.1, 0.15) is 23.1 Å². The average molecular weight is 307 g/mol. The Labute approximate surface area is 130 Å². The third-order valence-corrected chi connectivity index (χ3v) is 3.94. The molecule has 2 rings (SSSR count). The van der Waals surface area contributed by atoms with Gasteiger partial charge in [0.25, 0.3) is 0 Å². The SMILES string of the molecule is Cc1cccc(CCC(Cc2cc(F)ccc2Cl)NN)c1. The second-order valence-electron chi connectivity index (χ2n) is 5.33. The van der Waals surface area contributed by atoms with E-state index in [4.69, 9.17) is 17.4 Å². The van der Waals surface area contributed by atoms with Gasteiger partial charge in [0.15, 0.2) is 0 Å². The maximum absolute atomic E-state index is 13.3. The third kappa shape index (κ3) is 4.81. The van der Waals surface area contributed by atoms with Gasteiger partial charge in [0.1, 0.15) is 5.82 Å². The van der Waals surface area contributed by atoms with Gasteiger partial charge < -0.3 is 0 Å². The lowest BCUT2D eigenvalue weighted by molar-refractivity contribution is 0.490. The minimum absolute atomic E-state index is 0.0600. The smallest absolute Gasteiger partial charge is 0.123 e. The fraction of sp³-hybridized carbons (Fsp3) is 0.294. The van der Waals surface area contributed by atoms with E-state index in [1.165, 1.54) is 23.3 Å². The summed E-state index contributed by atoms with van der Waals surface area (Å²) >= 11 is 6.10. The Morgan fingerprint density at radius 2 is 2.05 bits per heavy atom. The number of nitrogens with one attached hydrogen (secondary N) is 1. The van der Waals surface area contributed by atoms with Crippen molar-refractivity contribution >= 4 is 11.6 Å². The van der Waals surface area contributed by atoms with Gasteiger partial charge in [0, 0.05) is 11.1 Å². The normalized spacial score (nSPS) is 12.4. The minimum Gasteiger partial charge on any atom is -0.271 e. The van der Waals surface area contributed by atoms with Crippen LogP contribution in [0.15, 0.2) is 42.5 Å². The summed E-state index contributed by atoms with van der Waals surface area (Å²) in [5.74, 6) is 5.34. The molecule has 2 aromatic carbocycles. The lowest BCUT2D eigenvalue weighted by Crippen LogP contribution is -2.37. The van der Waals surface area contributed by atoms with Crippen molar-refractivity contribution < 1.29 is 4.39 Å². The first-order valence-corrected chi connectivity index (χ1v) is 7.42. The molecule has 21 heavy (non-hydrogen) atoms. The van der Waals surface area contributed by atoms with Crippen molar-refractivity contribution in [1.29, 1.82) is 0 Å². The van der Waals surface area contributed by atoms with E-state index in [1.807, 2.05) is 0 Å². The predicted octanol–water partition coefficient (Wildman–Crippen LogP) is 3.79. The second-order valence-corrected chi connectivity index (χ2v) is 5.74. The number of hydrazine groups is 1. The highest BCUT2D eigenvalue weighted by atomic mass is 35.5. The highest BCUT2D eigenvalue weighted by Gasteiger charge is 2.11. The van der Waals surface area contributed by atoms with Crippen LogP contribution >= 0.6 is 11.6 Å². The van der Waals surface area contributed by atoms with Gasteiger partial charge in [0.05, 0.1) is 0 Å². The molecule has 4 heteroatoms. The summed E-state index contributed by atoms with van der Waals surface area (Å²) in [7, 11) is 0. The Morgan fingerprint density at radius 3 is 2.76 bits per heavy atom. The van der Waals surface area contributed by atoms with Crippen molar-refractivity contribution in [2.45, 2.75) is 32.2 Å². The van der Waals surface area contributed by atoms with Gasteiger partial charge >= 0.3 is 0 Å². The van der Waals surface area contributed by atoms with Crippen molar-refractivity contribution in [2.24, 2.45) is 5.84 Å². The Morgan fingerprint density at radius 1 is 1.24 bits per heavy atom. The molecule has 0 spiro atoms. The molecule has 0 aliphatic heterocycles. The van der Waals surface area contributed by atoms with Gasteiger partial charge in [-0.05, 0) is 55.5 Å². The predicted molar refractivity (Wildman–Crippen MR) is 85.7 cm³/mol. The van der Waals surface area contributed by atoms with E-state index in [0.717, 1.165) is 18.4 Å². The molecule has 0 saturated heterocycles. The van der Waals surface area contributed by atoms with Crippen LogP contribution in [-0.4, -0.2) is 6.04 Å². The standard InChI is InChI=1S/C17H20ClFN2/c1-12-3-2-4-13(9-12)5-7-16(21-20)11-14-10-15(19)6-8-17(14)18/h2-4,6,8-10,16,21H,5,7,11,20H2,1H3. The molecule has 0 fully saturated rings. The van der Waals surface area contributed by atoms with Gasteiger partial charge in [-0.2, -0.15) is 0 Å². The van der Waals surface area contributed by atoms with Gasteiger partial charge in [-0.3, -0.25) is 11.3 Å². The zero-order chi connectivity index (χ0) is 15.2. The first-order valence-electron chi connectivity index (χ1n) is 7.04. The quantitative estimate of drug-likeness (QED) is 0.629. The molecule has 0 heterocycles. The van der Waals surface area contributed by atoms with Crippen molar-refractivity contribution in [1.82, 2.24) is 5.43 Å². The number of benzene rings is 2. The molecule has 0 aliphatic carbocycles. The van der Waals surface area contributed by atoms with E-state index in [-0.39, 0.29) is 11.9 Å². The summed E-state index contributed by atoms with van der Waals surface area (Å²) in [6, 6.07) is 12.9. The topological polar surface area (TPSA) is 38.0 Å². The van der Waals surface area contributed by atoms with Gasteiger partial charge in [-0.15, -0.1) is 0 Å². The average Bonchev–Trinajstić information content (AvgIpc) is 2.47. The largest absolute Gasteiger partial charge is 0.271 e. The molecule has 0 bridgehead atoms. The van der Waals surface area contributed by atoms with Crippen LogP contribution in [-0.2, 0) is 12.8 Å². The molecular formula is C17H20ClFN2. The molecule has 112 valence electrons. The van der Waals surface area contributed by atoms with Crippen LogP contribution in [0.4, 0.5) is 4.39 Å². The third-order valence-electron chi connectivity index (χ3n) is 3.57. The monoisotopic (exact) mass is 306 g/mol. The minimum atomic E-state index is -0.274. The second kappa shape index (κ2) is 7.55. The molecule has 1 unspecified atom stereocenters. The van der Waals surface area contributed by atoms with E-state index in [2.05, 4.69) is 36.6 Å². The van der Waals surface area contributed by atoms with Gasteiger partial charge in [-0.25, -0.2) is 4.39 Å². The summed E-state index contributed by atoms with van der Waals surface area (Å²) in [4.78, 5) is 0. The molecule has 0 amide bonds. The van der Waals surface area contributed by atoms with Crippen molar-refractivity contribution in [3.05, 3.63) is 70.0 Å². The Balaban J connectivity index is 1.98. The highest BCUT2D eigenvalue weighted by Crippen LogP contribution is 2.20. The zero-order valence-corrected chi connectivity index (χ0v) is 12.8. The molecule has 0 radical (unpaired) electrons. The number of halogens is 2. The first kappa shape index (κ1) is 16.0. The molecule has 0 aromatic heterocycles. The number of hydrogen-bond acceptors (Lipinski definition) is 2. The number of aryl methyl sites for hydroxylation is 2. The van der Waals surface area contributed by atoms with Crippen LogP contribution in [0.2, 0.25) is 5.02 Å². The van der Waals surface area contributed by atoms with E-state index in [9.17, 15) is 4.39 Å². The fourth-order valence-corrected chi connectivity index (χ4v) is 2.61. The Bertz CT molecular complexity index is 601. The Hall–Kier alpha value is -1.42. The van der Waals surface area contributed by atoms with Crippen LogP contribution in [0, 0.1) is 12.7 Å². The van der Waals surface area contributed by atoms with Crippen LogP contribution < -0.4 is 11.3 Å². The molecule has 1 atom stereocenters.